The minimum atomic E-state index is 0.0267. The van der Waals surface area contributed by atoms with Crippen molar-refractivity contribution in [2.45, 2.75) is 6.92 Å². The lowest BCUT2D eigenvalue weighted by Crippen LogP contribution is -2.32. The molecule has 84 valence electrons. The number of hydrogen-bond acceptors (Lipinski definition) is 1. The Morgan fingerprint density at radius 3 is 2.59 bits per heavy atom. The highest BCUT2D eigenvalue weighted by atomic mass is 16.2. The van der Waals surface area contributed by atoms with Gasteiger partial charge in [0.15, 0.2) is 0 Å². The first-order chi connectivity index (χ1) is 8.18. The number of benzene rings is 2. The fourth-order valence-corrected chi connectivity index (χ4v) is 2.34. The van der Waals surface area contributed by atoms with Crippen LogP contribution in [0.4, 0.5) is 11.4 Å². The van der Waals surface area contributed by atoms with Gasteiger partial charge in [0.2, 0.25) is 0 Å². The van der Waals surface area contributed by atoms with E-state index in [4.69, 9.17) is 0 Å². The molecule has 0 bridgehead atoms. The SMILES string of the molecule is CC(=O)N1C=[N+](C)c2cccc3cccc1c23. The van der Waals surface area contributed by atoms with Crippen LogP contribution < -0.4 is 4.90 Å². The van der Waals surface area contributed by atoms with Crippen molar-refractivity contribution in [3.63, 3.8) is 0 Å². The van der Waals surface area contributed by atoms with Crippen LogP contribution in [-0.4, -0.2) is 23.9 Å². The Balaban J connectivity index is 2.43. The molecule has 0 aromatic heterocycles. The summed E-state index contributed by atoms with van der Waals surface area (Å²) in [7, 11) is 1.96. The van der Waals surface area contributed by atoms with Gasteiger partial charge in [0.05, 0.1) is 12.4 Å². The van der Waals surface area contributed by atoms with E-state index < -0.39 is 0 Å². The third-order valence-electron chi connectivity index (χ3n) is 3.13. The quantitative estimate of drug-likeness (QED) is 0.632. The third-order valence-corrected chi connectivity index (χ3v) is 3.13. The molecule has 0 unspecified atom stereocenters. The molecule has 1 aliphatic rings. The number of rotatable bonds is 0. The Hall–Kier alpha value is -2.16. The van der Waals surface area contributed by atoms with Gasteiger partial charge >= 0.3 is 5.91 Å². The second kappa shape index (κ2) is 3.42. The first-order valence-corrected chi connectivity index (χ1v) is 5.58. The summed E-state index contributed by atoms with van der Waals surface area (Å²) in [5.41, 5.74) is 2.10. The summed E-state index contributed by atoms with van der Waals surface area (Å²) < 4.78 is 1.98. The maximum absolute atomic E-state index is 11.7. The zero-order chi connectivity index (χ0) is 12.0. The van der Waals surface area contributed by atoms with Crippen molar-refractivity contribution in [1.29, 1.82) is 0 Å². The molecule has 0 radical (unpaired) electrons. The zero-order valence-electron chi connectivity index (χ0n) is 9.84. The number of amides is 1. The number of anilines is 1. The molecule has 3 rings (SSSR count). The lowest BCUT2D eigenvalue weighted by atomic mass is 10.0. The number of carbonyl (C=O) groups excluding carboxylic acids is 1. The molecule has 0 spiro atoms. The number of nitrogens with zero attached hydrogens (tertiary/aromatic N) is 2. The maximum Gasteiger partial charge on any atom is 0.311 e. The highest BCUT2D eigenvalue weighted by molar-refractivity contribution is 6.16. The lowest BCUT2D eigenvalue weighted by Gasteiger charge is -2.19. The Bertz CT molecular complexity index is 653. The van der Waals surface area contributed by atoms with E-state index in [0.29, 0.717) is 0 Å². The van der Waals surface area contributed by atoms with Crippen molar-refractivity contribution in [2.75, 3.05) is 11.9 Å². The highest BCUT2D eigenvalue weighted by Crippen LogP contribution is 2.36. The van der Waals surface area contributed by atoms with Crippen molar-refractivity contribution in [3.8, 4) is 0 Å². The van der Waals surface area contributed by atoms with E-state index in [1.54, 1.807) is 11.8 Å². The van der Waals surface area contributed by atoms with Gasteiger partial charge in [-0.3, -0.25) is 0 Å². The number of carbonyl (C=O) groups is 1. The minimum Gasteiger partial charge on any atom is -0.247 e. The van der Waals surface area contributed by atoms with E-state index in [0.717, 1.165) is 22.1 Å². The molecule has 2 aromatic carbocycles. The van der Waals surface area contributed by atoms with Crippen molar-refractivity contribution < 1.29 is 9.37 Å². The van der Waals surface area contributed by atoms with Crippen LogP contribution >= 0.6 is 0 Å². The molecule has 0 saturated heterocycles. The smallest absolute Gasteiger partial charge is 0.247 e. The van der Waals surface area contributed by atoms with Gasteiger partial charge in [0.1, 0.15) is 11.4 Å². The van der Waals surface area contributed by atoms with Crippen molar-refractivity contribution in [1.82, 2.24) is 0 Å². The van der Waals surface area contributed by atoms with Crippen molar-refractivity contribution in [2.24, 2.45) is 0 Å². The Kier molecular flexibility index (Phi) is 2.01. The van der Waals surface area contributed by atoms with Crippen LogP contribution in [0.25, 0.3) is 10.8 Å². The predicted octanol–water partition coefficient (Wildman–Crippen LogP) is 2.51. The predicted molar refractivity (Wildman–Crippen MR) is 69.0 cm³/mol. The maximum atomic E-state index is 11.7. The van der Waals surface area contributed by atoms with Crippen LogP contribution in [0.3, 0.4) is 0 Å². The molecule has 0 fully saturated rings. The van der Waals surface area contributed by atoms with Crippen molar-refractivity contribution >= 4 is 34.4 Å². The summed E-state index contributed by atoms with van der Waals surface area (Å²) in [5, 5.41) is 2.29. The highest BCUT2D eigenvalue weighted by Gasteiger charge is 2.27. The Labute approximate surface area is 99.6 Å². The second-order valence-corrected chi connectivity index (χ2v) is 4.27. The third kappa shape index (κ3) is 1.35. The average Bonchev–Trinajstić information content (AvgIpc) is 2.33. The van der Waals surface area contributed by atoms with Crippen LogP contribution in [-0.2, 0) is 4.79 Å². The molecular formula is C14H13N2O+. The van der Waals surface area contributed by atoms with Crippen LogP contribution in [0, 0.1) is 0 Å². The molecule has 1 heterocycles. The molecule has 3 heteroatoms. The van der Waals surface area contributed by atoms with E-state index in [9.17, 15) is 4.79 Å². The Morgan fingerprint density at radius 1 is 1.18 bits per heavy atom. The first-order valence-electron chi connectivity index (χ1n) is 5.58. The molecule has 0 N–H and O–H groups in total. The average molecular weight is 225 g/mol. The fourth-order valence-electron chi connectivity index (χ4n) is 2.34. The van der Waals surface area contributed by atoms with E-state index in [-0.39, 0.29) is 5.91 Å². The largest absolute Gasteiger partial charge is 0.311 e. The van der Waals surface area contributed by atoms with Gasteiger partial charge in [-0.2, -0.15) is 4.90 Å². The van der Waals surface area contributed by atoms with Crippen LogP contribution in [0.1, 0.15) is 6.92 Å². The van der Waals surface area contributed by atoms with Gasteiger partial charge in [-0.1, -0.05) is 24.3 Å². The zero-order valence-corrected chi connectivity index (χ0v) is 9.84. The molecule has 1 amide bonds. The first kappa shape index (κ1) is 10.0. The molecule has 0 saturated carbocycles. The Morgan fingerprint density at radius 2 is 1.88 bits per heavy atom. The van der Waals surface area contributed by atoms with E-state index in [2.05, 4.69) is 18.2 Å². The van der Waals surface area contributed by atoms with E-state index >= 15 is 0 Å². The minimum absolute atomic E-state index is 0.0267. The number of hydrogen-bond donors (Lipinski definition) is 0. The molecule has 3 nitrogen and oxygen atoms in total. The van der Waals surface area contributed by atoms with Gasteiger partial charge in [0, 0.05) is 6.92 Å². The summed E-state index contributed by atoms with van der Waals surface area (Å²) in [5.74, 6) is 0.0267. The van der Waals surface area contributed by atoms with Crippen LogP contribution in [0.2, 0.25) is 0 Å². The summed E-state index contributed by atoms with van der Waals surface area (Å²) >= 11 is 0. The van der Waals surface area contributed by atoms with Gasteiger partial charge in [0.25, 0.3) is 6.34 Å². The van der Waals surface area contributed by atoms with Gasteiger partial charge in [-0.25, -0.2) is 9.37 Å². The second-order valence-electron chi connectivity index (χ2n) is 4.27. The molecular weight excluding hydrogens is 212 g/mol. The lowest BCUT2D eigenvalue weighted by molar-refractivity contribution is -0.399. The van der Waals surface area contributed by atoms with Gasteiger partial charge in [-0.15, -0.1) is 0 Å². The summed E-state index contributed by atoms with van der Waals surface area (Å²) in [6.45, 7) is 1.58. The summed E-state index contributed by atoms with van der Waals surface area (Å²) in [6, 6.07) is 12.2. The molecule has 1 aliphatic heterocycles. The summed E-state index contributed by atoms with van der Waals surface area (Å²) in [6.07, 6.45) is 1.83. The van der Waals surface area contributed by atoms with Gasteiger partial charge in [-0.05, 0) is 17.5 Å². The van der Waals surface area contributed by atoms with Crippen LogP contribution in [0.5, 0.6) is 0 Å². The van der Waals surface area contributed by atoms with E-state index in [1.807, 2.05) is 36.2 Å². The molecule has 0 aliphatic carbocycles. The van der Waals surface area contributed by atoms with Crippen molar-refractivity contribution in [3.05, 3.63) is 36.4 Å². The van der Waals surface area contributed by atoms with E-state index in [1.165, 1.54) is 0 Å². The molecule has 0 atom stereocenters. The standard InChI is InChI=1S/C14H13N2O/c1-10(17)16-9-15(2)12-7-3-5-11-6-4-8-13(16)14(11)12/h3-9H,1-2H3/q+1. The van der Waals surface area contributed by atoms with Crippen LogP contribution in [0.15, 0.2) is 36.4 Å². The fraction of sp³-hybridized carbons (Fsp3) is 0.143. The topological polar surface area (TPSA) is 23.3 Å². The molecule has 17 heavy (non-hydrogen) atoms. The normalized spacial score (nSPS) is 13.8. The molecule has 2 aromatic rings. The monoisotopic (exact) mass is 225 g/mol. The van der Waals surface area contributed by atoms with Gasteiger partial charge < -0.3 is 0 Å². The summed E-state index contributed by atoms with van der Waals surface area (Å²) in [4.78, 5) is 13.4.